The van der Waals surface area contributed by atoms with Gasteiger partial charge in [-0.15, -0.1) is 23.5 Å². The van der Waals surface area contributed by atoms with E-state index in [0.717, 1.165) is 23.5 Å². The first-order chi connectivity index (χ1) is 19.1. The Hall–Kier alpha value is -2.70. The Labute approximate surface area is 240 Å². The molecule has 12 nitrogen and oxygen atoms in total. The van der Waals surface area contributed by atoms with Crippen molar-refractivity contribution < 1.29 is 44.3 Å². The zero-order valence-corrected chi connectivity index (χ0v) is 24.0. The molecule has 2 bridgehead atoms. The average molecular weight is 596 g/mol. The van der Waals surface area contributed by atoms with Crippen LogP contribution in [-0.2, 0) is 30.3 Å². The van der Waals surface area contributed by atoms with Crippen molar-refractivity contribution >= 4 is 41.4 Å². The fraction of sp³-hybridized carbons (Fsp3) is 0.615. The lowest BCUT2D eigenvalue weighted by atomic mass is 9.80. The summed E-state index contributed by atoms with van der Waals surface area (Å²) < 4.78 is 10.0. The smallest absolute Gasteiger partial charge is 0.316 e. The number of rotatable bonds is 10. The first-order valence-electron chi connectivity index (χ1n) is 13.0. The van der Waals surface area contributed by atoms with E-state index in [4.69, 9.17) is 9.47 Å². The van der Waals surface area contributed by atoms with Crippen molar-refractivity contribution in [2.24, 2.45) is 5.92 Å². The van der Waals surface area contributed by atoms with Crippen LogP contribution in [0.25, 0.3) is 0 Å². The van der Waals surface area contributed by atoms with Gasteiger partial charge < -0.3 is 29.9 Å². The number of carboxylic acid groups (broad SMARTS) is 1. The number of nitriles is 1. The maximum Gasteiger partial charge on any atom is 0.316 e. The number of thioether (sulfide) groups is 2. The number of phenols is 2. The summed E-state index contributed by atoms with van der Waals surface area (Å²) in [7, 11) is 1.79. The van der Waals surface area contributed by atoms with E-state index in [1.165, 1.54) is 0 Å². The number of aliphatic carboxylic acids is 1. The topological polar surface area (TPSA) is 181 Å². The number of hydrogen-bond donors (Lipinski definition) is 4. The van der Waals surface area contributed by atoms with Crippen molar-refractivity contribution in [1.29, 1.82) is 5.26 Å². The Kier molecular flexibility index (Phi) is 9.41. The third-order valence-electron chi connectivity index (χ3n) is 7.87. The Morgan fingerprint density at radius 3 is 2.10 bits per heavy atom. The molecule has 40 heavy (non-hydrogen) atoms. The van der Waals surface area contributed by atoms with E-state index >= 15 is 0 Å². The molecule has 6 atom stereocenters. The molecule has 3 aliphatic rings. The van der Waals surface area contributed by atoms with Gasteiger partial charge in [-0.2, -0.15) is 5.26 Å². The molecule has 3 aliphatic heterocycles. The van der Waals surface area contributed by atoms with E-state index in [1.807, 2.05) is 4.90 Å². The van der Waals surface area contributed by atoms with Gasteiger partial charge in [-0.3, -0.25) is 24.2 Å². The van der Waals surface area contributed by atoms with E-state index in [0.29, 0.717) is 5.56 Å². The minimum Gasteiger partial charge on any atom is -0.506 e. The third kappa shape index (κ3) is 5.21. The van der Waals surface area contributed by atoms with Gasteiger partial charge in [0.15, 0.2) is 0 Å². The van der Waals surface area contributed by atoms with Gasteiger partial charge in [-0.1, -0.05) is 0 Å². The summed E-state index contributed by atoms with van der Waals surface area (Å²) in [5.41, 5.74) is 0.531. The van der Waals surface area contributed by atoms with Crippen LogP contribution in [0.1, 0.15) is 37.4 Å². The molecule has 4 rings (SSSR count). The van der Waals surface area contributed by atoms with Crippen molar-refractivity contribution in [2.75, 3.05) is 38.4 Å². The number of aliphatic hydroxyl groups is 1. The molecule has 2 fully saturated rings. The van der Waals surface area contributed by atoms with Gasteiger partial charge in [0.25, 0.3) is 0 Å². The largest absolute Gasteiger partial charge is 0.506 e. The van der Waals surface area contributed by atoms with Crippen molar-refractivity contribution in [3.05, 3.63) is 11.1 Å². The van der Waals surface area contributed by atoms with E-state index in [2.05, 4.69) is 6.07 Å². The number of piperazine rings is 1. The summed E-state index contributed by atoms with van der Waals surface area (Å²) in [6, 6.07) is -0.833. The number of likely N-dealkylation sites (N-methyl/N-ethyl adjacent to an activating group) is 1. The molecule has 2 saturated heterocycles. The number of phenolic OH excluding ortho intramolecular Hbond substituents is 2. The predicted molar refractivity (Wildman–Crippen MR) is 144 cm³/mol. The van der Waals surface area contributed by atoms with Gasteiger partial charge in [-0.25, -0.2) is 0 Å². The van der Waals surface area contributed by atoms with Crippen LogP contribution in [0.5, 0.6) is 11.5 Å². The van der Waals surface area contributed by atoms with E-state index in [9.17, 15) is 40.1 Å². The van der Waals surface area contributed by atoms with Crippen LogP contribution >= 0.6 is 23.5 Å². The van der Waals surface area contributed by atoms with Gasteiger partial charge in [0.1, 0.15) is 17.5 Å². The molecule has 0 aliphatic carbocycles. The van der Waals surface area contributed by atoms with Crippen LogP contribution < -0.4 is 0 Å². The normalized spacial score (nSPS) is 27.4. The highest BCUT2D eigenvalue weighted by atomic mass is 32.2. The molecule has 4 N–H and O–H groups in total. The van der Waals surface area contributed by atoms with Crippen LogP contribution in [0.4, 0.5) is 0 Å². The lowest BCUT2D eigenvalue weighted by Crippen LogP contribution is -2.67. The molecule has 3 heterocycles. The minimum absolute atomic E-state index is 0.102. The number of carboxylic acids is 1. The molecule has 0 aromatic heterocycles. The van der Waals surface area contributed by atoms with E-state index in [-0.39, 0.29) is 64.4 Å². The number of fused-ring (bicyclic) bond motifs is 5. The number of ether oxygens (including phenoxy) is 2. The fourth-order valence-electron chi connectivity index (χ4n) is 6.38. The number of benzene rings is 1. The van der Waals surface area contributed by atoms with Gasteiger partial charge in [0.2, 0.25) is 0 Å². The number of nitrogens with zero attached hydrogens (tertiary/aromatic N) is 3. The van der Waals surface area contributed by atoms with E-state index in [1.54, 1.807) is 25.8 Å². The fourth-order valence-corrected chi connectivity index (χ4v) is 8.39. The Morgan fingerprint density at radius 1 is 1.02 bits per heavy atom. The van der Waals surface area contributed by atoms with Gasteiger partial charge in [0.05, 0.1) is 59.1 Å². The zero-order chi connectivity index (χ0) is 29.3. The number of esters is 2. The second-order valence-electron chi connectivity index (χ2n) is 9.83. The number of carbonyl (C=O) groups excluding carboxylic acids is 2. The molecular weight excluding hydrogens is 562 g/mol. The highest BCUT2D eigenvalue weighted by Crippen LogP contribution is 2.56. The van der Waals surface area contributed by atoms with Gasteiger partial charge in [-0.05, 0) is 33.7 Å². The Morgan fingerprint density at radius 2 is 1.60 bits per heavy atom. The summed E-state index contributed by atoms with van der Waals surface area (Å²) in [6.45, 7) is 3.16. The molecule has 0 saturated carbocycles. The number of hydrogen-bond acceptors (Lipinski definition) is 13. The summed E-state index contributed by atoms with van der Waals surface area (Å²) in [5, 5.41) is 53.9. The zero-order valence-electron chi connectivity index (χ0n) is 22.4. The molecule has 0 amide bonds. The molecule has 14 heteroatoms. The first-order valence-corrected chi connectivity index (χ1v) is 15.0. The Bertz CT molecular complexity index is 1220. The predicted octanol–water partition coefficient (Wildman–Crippen LogP) is 1.35. The molecule has 1 aromatic carbocycles. The second-order valence-corrected chi connectivity index (χ2v) is 11.8. The molecular formula is C26H33N3O9S2. The summed E-state index contributed by atoms with van der Waals surface area (Å²) in [6.07, 6.45) is 0.361. The molecule has 0 spiro atoms. The van der Waals surface area contributed by atoms with Crippen molar-refractivity contribution in [3.8, 4) is 17.6 Å². The average Bonchev–Trinajstić information content (AvgIpc) is 3.17. The standard InChI is InChI=1S/C26H33N3O9S2/c1-4-37-18(31)10-39-24-22(33)12-6-15-21-13(26(35)36)7-14(28(21)3)16(8-27)29(15)17(9-30)20(12)23(34)25(24)40-11-19(32)38-5-2/h13-17,21,30,33-34H,4-7,9-11H2,1-3H3,(H,35,36)/t13-,14+,15+,16?,17+,21-/m1/s1. The minimum atomic E-state index is -0.979. The molecule has 1 aromatic rings. The quantitative estimate of drug-likeness (QED) is 0.173. The van der Waals surface area contributed by atoms with Crippen LogP contribution in [0, 0.1) is 17.2 Å². The monoisotopic (exact) mass is 595 g/mol. The molecule has 0 radical (unpaired) electrons. The van der Waals surface area contributed by atoms with Crippen LogP contribution in [0.15, 0.2) is 9.79 Å². The highest BCUT2D eigenvalue weighted by molar-refractivity contribution is 8.03. The van der Waals surface area contributed by atoms with E-state index < -0.39 is 60.6 Å². The third-order valence-corrected chi connectivity index (χ3v) is 10.1. The lowest BCUT2D eigenvalue weighted by Gasteiger charge is -2.54. The number of carbonyl (C=O) groups is 3. The maximum absolute atomic E-state index is 12.2. The highest BCUT2D eigenvalue weighted by Gasteiger charge is 2.60. The second kappa shape index (κ2) is 12.4. The van der Waals surface area contributed by atoms with Crippen LogP contribution in [-0.4, -0.2) is 111 Å². The lowest BCUT2D eigenvalue weighted by molar-refractivity contribution is -0.144. The maximum atomic E-state index is 12.2. The van der Waals surface area contributed by atoms with Gasteiger partial charge >= 0.3 is 17.9 Å². The SMILES string of the molecule is CCOC(=O)CSc1c(O)c2c(c(O)c1SCC(=O)OCC)[C@H](CO)N1C(C#N)[C@@H]3C[C@@H](C(=O)O)[C@H]([C@@H]1C2)N3C. The molecule has 1 unspecified atom stereocenters. The number of aliphatic hydroxyl groups excluding tert-OH is 1. The van der Waals surface area contributed by atoms with Crippen LogP contribution in [0.3, 0.4) is 0 Å². The van der Waals surface area contributed by atoms with Crippen molar-refractivity contribution in [1.82, 2.24) is 9.80 Å². The van der Waals surface area contributed by atoms with Gasteiger partial charge in [0, 0.05) is 29.3 Å². The first kappa shape index (κ1) is 30.3. The summed E-state index contributed by atoms with van der Waals surface area (Å²) in [4.78, 5) is 40.5. The van der Waals surface area contributed by atoms with Crippen LogP contribution in [0.2, 0.25) is 0 Å². The summed E-state index contributed by atoms with van der Waals surface area (Å²) >= 11 is 1.88. The Balaban J connectivity index is 1.85. The van der Waals surface area contributed by atoms with Crippen molar-refractivity contribution in [3.63, 3.8) is 0 Å². The number of aromatic hydroxyl groups is 2. The molecule has 218 valence electrons. The summed E-state index contributed by atoms with van der Waals surface area (Å²) in [5.74, 6) is -3.66. The van der Waals surface area contributed by atoms with Crippen molar-refractivity contribution in [2.45, 2.75) is 66.7 Å².